The maximum atomic E-state index is 8.78. The average Bonchev–Trinajstić information content (AvgIpc) is 2.51. The van der Waals surface area contributed by atoms with Crippen LogP contribution in [0.5, 0.6) is 11.5 Å². The van der Waals surface area contributed by atoms with Gasteiger partial charge in [-0.2, -0.15) is 0 Å². The van der Waals surface area contributed by atoms with Gasteiger partial charge in [-0.05, 0) is 19.1 Å². The van der Waals surface area contributed by atoms with Crippen molar-refractivity contribution < 1.29 is 14.6 Å². The van der Waals surface area contributed by atoms with E-state index in [2.05, 4.69) is 16.8 Å². The summed E-state index contributed by atoms with van der Waals surface area (Å²) < 4.78 is 11.0. The van der Waals surface area contributed by atoms with Crippen molar-refractivity contribution in [2.24, 2.45) is 0 Å². The molecule has 0 aliphatic rings. The molecule has 1 aromatic carbocycles. The lowest BCUT2D eigenvalue weighted by Crippen LogP contribution is -2.01. The molecule has 0 bridgehead atoms. The molecule has 2 aromatic rings. The number of aliphatic hydroxyl groups excluding tert-OH is 1. The van der Waals surface area contributed by atoms with Gasteiger partial charge in [0.05, 0.1) is 18.4 Å². The molecule has 1 N–H and O–H groups in total. The van der Waals surface area contributed by atoms with Crippen LogP contribution in [0.25, 0.3) is 0 Å². The Bertz CT molecular complexity index is 671. The quantitative estimate of drug-likeness (QED) is 0.875. The predicted molar refractivity (Wildman–Crippen MR) is 80.3 cm³/mol. The Balaban J connectivity index is 2.15. The zero-order valence-corrected chi connectivity index (χ0v) is 12.1. The van der Waals surface area contributed by atoms with Gasteiger partial charge in [0, 0.05) is 17.8 Å². The number of para-hydroxylation sites is 1. The molecule has 0 saturated heterocycles. The van der Waals surface area contributed by atoms with Crippen LogP contribution in [0.3, 0.4) is 0 Å². The SMILES string of the molecule is COc1cc(C)nc(COc2ccccc2C#CCO)c1. The number of nitrogens with zero attached hydrogens (tertiary/aromatic N) is 1. The summed E-state index contributed by atoms with van der Waals surface area (Å²) in [6, 6.07) is 11.2. The zero-order valence-electron chi connectivity index (χ0n) is 12.1. The fourth-order valence-corrected chi connectivity index (χ4v) is 1.88. The number of pyridine rings is 1. The molecule has 21 heavy (non-hydrogen) atoms. The molecule has 108 valence electrons. The number of aryl methyl sites for hydroxylation is 1. The molecular weight excluding hydrogens is 266 g/mol. The van der Waals surface area contributed by atoms with Crippen molar-refractivity contribution in [3.05, 3.63) is 53.3 Å². The minimum atomic E-state index is -0.176. The molecule has 0 aliphatic heterocycles. The van der Waals surface area contributed by atoms with E-state index in [1.54, 1.807) is 7.11 Å². The number of methoxy groups -OCH3 is 1. The van der Waals surface area contributed by atoms with E-state index >= 15 is 0 Å². The van der Waals surface area contributed by atoms with Gasteiger partial charge in [0.1, 0.15) is 24.7 Å². The molecule has 0 amide bonds. The third-order valence-electron chi connectivity index (χ3n) is 2.78. The second-order valence-electron chi connectivity index (χ2n) is 4.38. The highest BCUT2D eigenvalue weighted by Gasteiger charge is 2.04. The monoisotopic (exact) mass is 283 g/mol. The van der Waals surface area contributed by atoms with Gasteiger partial charge in [-0.1, -0.05) is 24.0 Å². The van der Waals surface area contributed by atoms with Crippen molar-refractivity contribution in [2.45, 2.75) is 13.5 Å². The van der Waals surface area contributed by atoms with Gasteiger partial charge in [-0.25, -0.2) is 0 Å². The zero-order chi connectivity index (χ0) is 15.1. The van der Waals surface area contributed by atoms with Crippen LogP contribution in [0.1, 0.15) is 17.0 Å². The first-order chi connectivity index (χ1) is 10.2. The van der Waals surface area contributed by atoms with Gasteiger partial charge >= 0.3 is 0 Å². The molecular formula is C17H17NO3. The summed E-state index contributed by atoms with van der Waals surface area (Å²) in [6.45, 7) is 2.06. The van der Waals surface area contributed by atoms with E-state index in [-0.39, 0.29) is 6.61 Å². The van der Waals surface area contributed by atoms with E-state index < -0.39 is 0 Å². The normalized spacial score (nSPS) is 9.67. The number of hydrogen-bond donors (Lipinski definition) is 1. The second-order valence-corrected chi connectivity index (χ2v) is 4.38. The number of benzene rings is 1. The summed E-state index contributed by atoms with van der Waals surface area (Å²) in [4.78, 5) is 4.41. The Hall–Kier alpha value is -2.51. The fourth-order valence-electron chi connectivity index (χ4n) is 1.88. The van der Waals surface area contributed by atoms with Gasteiger partial charge in [0.2, 0.25) is 0 Å². The minimum absolute atomic E-state index is 0.176. The third-order valence-corrected chi connectivity index (χ3v) is 2.78. The summed E-state index contributed by atoms with van der Waals surface area (Å²) >= 11 is 0. The van der Waals surface area contributed by atoms with Crippen LogP contribution in [-0.4, -0.2) is 23.8 Å². The lowest BCUT2D eigenvalue weighted by molar-refractivity contribution is 0.299. The molecule has 2 rings (SSSR count). The summed E-state index contributed by atoms with van der Waals surface area (Å²) in [5, 5.41) is 8.78. The smallest absolute Gasteiger partial charge is 0.135 e. The van der Waals surface area contributed by atoms with Crippen molar-refractivity contribution >= 4 is 0 Å². The summed E-state index contributed by atoms with van der Waals surface area (Å²) in [6.07, 6.45) is 0. The maximum Gasteiger partial charge on any atom is 0.135 e. The molecule has 0 atom stereocenters. The molecule has 1 aromatic heterocycles. The van der Waals surface area contributed by atoms with E-state index in [1.807, 2.05) is 43.3 Å². The third kappa shape index (κ3) is 4.23. The first-order valence-electron chi connectivity index (χ1n) is 6.56. The highest BCUT2D eigenvalue weighted by Crippen LogP contribution is 2.19. The summed E-state index contributed by atoms with van der Waals surface area (Å²) in [5.74, 6) is 6.91. The van der Waals surface area contributed by atoms with E-state index in [4.69, 9.17) is 14.6 Å². The fraction of sp³-hybridized carbons (Fsp3) is 0.235. The van der Waals surface area contributed by atoms with Gasteiger partial charge < -0.3 is 14.6 Å². The average molecular weight is 283 g/mol. The number of hydrogen-bond acceptors (Lipinski definition) is 4. The van der Waals surface area contributed by atoms with Crippen LogP contribution < -0.4 is 9.47 Å². The molecule has 0 fully saturated rings. The Labute approximate surface area is 124 Å². The van der Waals surface area contributed by atoms with Crippen LogP contribution in [0, 0.1) is 18.8 Å². The molecule has 4 heteroatoms. The highest BCUT2D eigenvalue weighted by atomic mass is 16.5. The van der Waals surface area contributed by atoms with E-state index in [0.717, 1.165) is 22.7 Å². The van der Waals surface area contributed by atoms with E-state index in [9.17, 15) is 0 Å². The first-order valence-corrected chi connectivity index (χ1v) is 6.56. The van der Waals surface area contributed by atoms with Crippen molar-refractivity contribution in [1.29, 1.82) is 0 Å². The van der Waals surface area contributed by atoms with Crippen LogP contribution in [0.15, 0.2) is 36.4 Å². The lowest BCUT2D eigenvalue weighted by Gasteiger charge is -2.09. The van der Waals surface area contributed by atoms with Crippen molar-refractivity contribution in [2.75, 3.05) is 13.7 Å². The molecule has 0 saturated carbocycles. The van der Waals surface area contributed by atoms with Gasteiger partial charge in [0.25, 0.3) is 0 Å². The number of aliphatic hydroxyl groups is 1. The second kappa shape index (κ2) is 7.32. The van der Waals surface area contributed by atoms with Gasteiger partial charge in [-0.15, -0.1) is 0 Å². The Kier molecular flexibility index (Phi) is 5.19. The Morgan fingerprint density at radius 1 is 1.24 bits per heavy atom. The predicted octanol–water partition coefficient (Wildman–Crippen LogP) is 2.32. The standard InChI is InChI=1S/C17H17NO3/c1-13-10-16(20-2)11-15(18-13)12-21-17-8-4-3-6-14(17)7-5-9-19/h3-4,6,8,10-11,19H,9,12H2,1-2H3. The number of aromatic nitrogens is 1. The maximum absolute atomic E-state index is 8.78. The van der Waals surface area contributed by atoms with Crippen LogP contribution in [0.2, 0.25) is 0 Å². The van der Waals surface area contributed by atoms with Crippen LogP contribution >= 0.6 is 0 Å². The number of rotatable bonds is 4. The lowest BCUT2D eigenvalue weighted by atomic mass is 10.2. The Morgan fingerprint density at radius 2 is 2.05 bits per heavy atom. The summed E-state index contributed by atoms with van der Waals surface area (Å²) in [5.41, 5.74) is 2.41. The Morgan fingerprint density at radius 3 is 2.81 bits per heavy atom. The van der Waals surface area contributed by atoms with Gasteiger partial charge in [-0.3, -0.25) is 4.98 Å². The molecule has 1 heterocycles. The number of ether oxygens (including phenoxy) is 2. The first kappa shape index (κ1) is 14.9. The van der Waals surface area contributed by atoms with Crippen molar-refractivity contribution in [3.63, 3.8) is 0 Å². The van der Waals surface area contributed by atoms with E-state index in [1.165, 1.54) is 0 Å². The summed E-state index contributed by atoms with van der Waals surface area (Å²) in [7, 11) is 1.62. The largest absolute Gasteiger partial charge is 0.497 e. The van der Waals surface area contributed by atoms with Crippen molar-refractivity contribution in [3.8, 4) is 23.3 Å². The molecule has 0 aliphatic carbocycles. The topological polar surface area (TPSA) is 51.6 Å². The van der Waals surface area contributed by atoms with Crippen LogP contribution in [0.4, 0.5) is 0 Å². The molecule has 0 spiro atoms. The van der Waals surface area contributed by atoms with Crippen molar-refractivity contribution in [1.82, 2.24) is 4.98 Å². The van der Waals surface area contributed by atoms with Crippen LogP contribution in [-0.2, 0) is 6.61 Å². The molecule has 0 unspecified atom stereocenters. The molecule has 4 nitrogen and oxygen atoms in total. The highest BCUT2D eigenvalue weighted by molar-refractivity contribution is 5.46. The molecule has 0 radical (unpaired) electrons. The minimum Gasteiger partial charge on any atom is -0.497 e. The van der Waals surface area contributed by atoms with E-state index in [0.29, 0.717) is 12.4 Å². The van der Waals surface area contributed by atoms with Gasteiger partial charge in [0.15, 0.2) is 0 Å².